The number of aliphatic imine (C=N–C) groups is 1. The van der Waals surface area contributed by atoms with Gasteiger partial charge in [-0.3, -0.25) is 4.99 Å². The van der Waals surface area contributed by atoms with E-state index in [1.54, 1.807) is 12.1 Å². The molecule has 0 bridgehead atoms. The number of nitrogens with zero attached hydrogens (tertiary/aromatic N) is 1. The largest absolute Gasteiger partial charge is 0.387 e. The molecular formula is C11H17N3O2S. The minimum Gasteiger partial charge on any atom is -0.387 e. The molecule has 4 N–H and O–H groups in total. The Balaban J connectivity index is 2.64. The number of benzene rings is 1. The molecule has 0 heterocycles. The molecule has 1 aromatic carbocycles. The summed E-state index contributed by atoms with van der Waals surface area (Å²) in [5.74, 6) is 0.631. The smallest absolute Gasteiger partial charge is 0.238 e. The summed E-state index contributed by atoms with van der Waals surface area (Å²) in [6.45, 7) is 2.55. The van der Waals surface area contributed by atoms with Gasteiger partial charge in [0, 0.05) is 13.0 Å². The van der Waals surface area contributed by atoms with Crippen molar-refractivity contribution >= 4 is 15.9 Å². The van der Waals surface area contributed by atoms with Crippen LogP contribution in [0.5, 0.6) is 0 Å². The van der Waals surface area contributed by atoms with Crippen LogP contribution in [0.15, 0.2) is 34.2 Å². The third-order valence-corrected chi connectivity index (χ3v) is 3.26. The molecule has 0 aliphatic rings. The quantitative estimate of drug-likeness (QED) is 0.596. The van der Waals surface area contributed by atoms with Crippen LogP contribution in [-0.2, 0) is 16.4 Å². The van der Waals surface area contributed by atoms with Crippen molar-refractivity contribution < 1.29 is 8.42 Å². The summed E-state index contributed by atoms with van der Waals surface area (Å²) >= 11 is 0. The van der Waals surface area contributed by atoms with E-state index in [1.807, 2.05) is 6.92 Å². The number of nitrogens with two attached hydrogens (primary N) is 2. The zero-order valence-corrected chi connectivity index (χ0v) is 10.6. The SMILES string of the molecule is CCC(N)=NCCc1ccc(S(N)(=O)=O)cc1. The van der Waals surface area contributed by atoms with Crippen molar-refractivity contribution in [3.8, 4) is 0 Å². The Kier molecular flexibility index (Phi) is 4.65. The van der Waals surface area contributed by atoms with Gasteiger partial charge in [0.05, 0.1) is 10.7 Å². The molecule has 5 nitrogen and oxygen atoms in total. The summed E-state index contributed by atoms with van der Waals surface area (Å²) in [5.41, 5.74) is 6.58. The molecule has 1 aromatic rings. The Bertz CT molecular complexity index is 492. The van der Waals surface area contributed by atoms with Gasteiger partial charge in [0.25, 0.3) is 0 Å². The third-order valence-electron chi connectivity index (χ3n) is 2.33. The summed E-state index contributed by atoms with van der Waals surface area (Å²) in [7, 11) is -3.61. The molecule has 94 valence electrons. The van der Waals surface area contributed by atoms with Crippen LogP contribution in [0.3, 0.4) is 0 Å². The predicted octanol–water partition coefficient (Wildman–Crippen LogP) is 0.644. The van der Waals surface area contributed by atoms with Gasteiger partial charge < -0.3 is 5.73 Å². The molecule has 0 unspecified atom stereocenters. The summed E-state index contributed by atoms with van der Waals surface area (Å²) in [6.07, 6.45) is 1.47. The second-order valence-electron chi connectivity index (χ2n) is 3.67. The summed E-state index contributed by atoms with van der Waals surface area (Å²) in [5, 5.41) is 5.00. The lowest BCUT2D eigenvalue weighted by Gasteiger charge is -2.01. The standard InChI is InChI=1S/C11H17N3O2S/c1-2-11(12)14-8-7-9-3-5-10(6-4-9)17(13,15)16/h3-6H,2,7-8H2,1H3,(H2,12,14)(H2,13,15,16). The van der Waals surface area contributed by atoms with Crippen LogP contribution in [0.25, 0.3) is 0 Å². The van der Waals surface area contributed by atoms with Crippen molar-refractivity contribution in [2.75, 3.05) is 6.54 Å². The number of hydrogen-bond donors (Lipinski definition) is 2. The minimum absolute atomic E-state index is 0.123. The van der Waals surface area contributed by atoms with Crippen molar-refractivity contribution in [1.29, 1.82) is 0 Å². The maximum Gasteiger partial charge on any atom is 0.238 e. The molecule has 0 spiro atoms. The highest BCUT2D eigenvalue weighted by atomic mass is 32.2. The molecule has 0 saturated carbocycles. The lowest BCUT2D eigenvalue weighted by atomic mass is 10.1. The lowest BCUT2D eigenvalue weighted by molar-refractivity contribution is 0.598. The van der Waals surface area contributed by atoms with Crippen molar-refractivity contribution in [3.05, 3.63) is 29.8 Å². The van der Waals surface area contributed by atoms with Crippen LogP contribution >= 0.6 is 0 Å². The van der Waals surface area contributed by atoms with Crippen molar-refractivity contribution in [3.63, 3.8) is 0 Å². The molecule has 0 atom stereocenters. The van der Waals surface area contributed by atoms with Gasteiger partial charge >= 0.3 is 0 Å². The maximum absolute atomic E-state index is 11.0. The first-order chi connectivity index (χ1) is 7.93. The minimum atomic E-state index is -3.61. The molecular weight excluding hydrogens is 238 g/mol. The Morgan fingerprint density at radius 1 is 1.29 bits per heavy atom. The second kappa shape index (κ2) is 5.79. The van der Waals surface area contributed by atoms with Gasteiger partial charge in [-0.2, -0.15) is 0 Å². The Morgan fingerprint density at radius 3 is 2.35 bits per heavy atom. The monoisotopic (exact) mass is 255 g/mol. The predicted molar refractivity (Wildman–Crippen MR) is 68.3 cm³/mol. The Labute approximate surface area is 102 Å². The summed E-state index contributed by atoms with van der Waals surface area (Å²) in [6, 6.07) is 6.46. The molecule has 1 rings (SSSR count). The Hall–Kier alpha value is -1.40. The van der Waals surface area contributed by atoms with E-state index in [0.29, 0.717) is 12.4 Å². The fourth-order valence-electron chi connectivity index (χ4n) is 1.29. The van der Waals surface area contributed by atoms with E-state index in [-0.39, 0.29) is 4.90 Å². The summed E-state index contributed by atoms with van der Waals surface area (Å²) < 4.78 is 22.1. The molecule has 0 aliphatic carbocycles. The van der Waals surface area contributed by atoms with Crippen molar-refractivity contribution in [2.45, 2.75) is 24.7 Å². The van der Waals surface area contributed by atoms with E-state index in [0.717, 1.165) is 18.4 Å². The van der Waals surface area contributed by atoms with Gasteiger partial charge in [0.2, 0.25) is 10.0 Å². The van der Waals surface area contributed by atoms with E-state index >= 15 is 0 Å². The van der Waals surface area contributed by atoms with Crippen molar-refractivity contribution in [2.24, 2.45) is 15.9 Å². The van der Waals surface area contributed by atoms with Crippen LogP contribution in [0.1, 0.15) is 18.9 Å². The van der Waals surface area contributed by atoms with Gasteiger partial charge in [-0.15, -0.1) is 0 Å². The molecule has 0 fully saturated rings. The first kappa shape index (κ1) is 13.7. The molecule has 0 amide bonds. The van der Waals surface area contributed by atoms with Crippen LogP contribution in [-0.4, -0.2) is 20.8 Å². The number of amidine groups is 1. The van der Waals surface area contributed by atoms with E-state index in [2.05, 4.69) is 4.99 Å². The fourth-order valence-corrected chi connectivity index (χ4v) is 1.80. The second-order valence-corrected chi connectivity index (χ2v) is 5.23. The van der Waals surface area contributed by atoms with Gasteiger partial charge in [0.1, 0.15) is 0 Å². The normalized spacial score (nSPS) is 12.7. The van der Waals surface area contributed by atoms with Crippen LogP contribution in [0.2, 0.25) is 0 Å². The fraction of sp³-hybridized carbons (Fsp3) is 0.364. The lowest BCUT2D eigenvalue weighted by Crippen LogP contribution is -2.12. The average Bonchev–Trinajstić information content (AvgIpc) is 2.28. The highest BCUT2D eigenvalue weighted by molar-refractivity contribution is 7.89. The number of hydrogen-bond acceptors (Lipinski definition) is 3. The third kappa shape index (κ3) is 4.54. The number of rotatable bonds is 5. The van der Waals surface area contributed by atoms with Crippen LogP contribution in [0.4, 0.5) is 0 Å². The zero-order valence-electron chi connectivity index (χ0n) is 9.76. The average molecular weight is 255 g/mol. The van der Waals surface area contributed by atoms with Crippen molar-refractivity contribution in [1.82, 2.24) is 0 Å². The number of sulfonamides is 1. The molecule has 0 saturated heterocycles. The molecule has 0 aromatic heterocycles. The number of primary sulfonamides is 1. The summed E-state index contributed by atoms with van der Waals surface area (Å²) in [4.78, 5) is 4.28. The molecule has 0 aliphatic heterocycles. The molecule has 0 radical (unpaired) electrons. The highest BCUT2D eigenvalue weighted by Gasteiger charge is 2.06. The Morgan fingerprint density at radius 2 is 1.88 bits per heavy atom. The highest BCUT2D eigenvalue weighted by Crippen LogP contribution is 2.09. The van der Waals surface area contributed by atoms with E-state index < -0.39 is 10.0 Å². The van der Waals surface area contributed by atoms with Gasteiger partial charge in [-0.1, -0.05) is 19.1 Å². The molecule has 17 heavy (non-hydrogen) atoms. The van der Waals surface area contributed by atoms with Crippen LogP contribution < -0.4 is 10.9 Å². The first-order valence-electron chi connectivity index (χ1n) is 5.34. The van der Waals surface area contributed by atoms with E-state index in [9.17, 15) is 8.42 Å². The maximum atomic E-state index is 11.0. The van der Waals surface area contributed by atoms with Gasteiger partial charge in [-0.05, 0) is 24.1 Å². The van der Waals surface area contributed by atoms with Gasteiger partial charge in [-0.25, -0.2) is 13.6 Å². The van der Waals surface area contributed by atoms with E-state index in [4.69, 9.17) is 10.9 Å². The molecule has 6 heteroatoms. The topological polar surface area (TPSA) is 98.5 Å². The zero-order chi connectivity index (χ0) is 12.9. The van der Waals surface area contributed by atoms with Gasteiger partial charge in [0.15, 0.2) is 0 Å². The van der Waals surface area contributed by atoms with E-state index in [1.165, 1.54) is 12.1 Å². The first-order valence-corrected chi connectivity index (χ1v) is 6.88. The van der Waals surface area contributed by atoms with Crippen LogP contribution in [0, 0.1) is 0 Å².